The van der Waals surface area contributed by atoms with Crippen molar-refractivity contribution in [3.05, 3.63) is 65.0 Å². The van der Waals surface area contributed by atoms with Gasteiger partial charge in [-0.25, -0.2) is 0 Å². The van der Waals surface area contributed by atoms with E-state index in [-0.39, 0.29) is 38.3 Å². The van der Waals surface area contributed by atoms with Gasteiger partial charge in [0.2, 0.25) is 0 Å². The van der Waals surface area contributed by atoms with Crippen molar-refractivity contribution in [2.75, 3.05) is 6.61 Å². The van der Waals surface area contributed by atoms with Crippen molar-refractivity contribution in [2.24, 2.45) is 0 Å². The van der Waals surface area contributed by atoms with Gasteiger partial charge >= 0.3 is 0 Å². The standard InChI is InChI=1S/C17H18NO2.Y/c1-4-12-20-15-9-7-14(8-10-15)16-11-6-13(3)17(19)18(16)5-2;/h4,6-10H,1,5,12H2,2-3H3;/q-1;. The molecule has 2 aromatic rings. The summed E-state index contributed by atoms with van der Waals surface area (Å²) in [6.45, 7) is 8.49. The monoisotopic (exact) mass is 357 g/mol. The number of hydrogen-bond acceptors (Lipinski definition) is 2. The van der Waals surface area contributed by atoms with E-state index in [1.165, 1.54) is 0 Å². The Morgan fingerprint density at radius 2 is 2.00 bits per heavy atom. The number of aryl methyl sites for hydroxylation is 1. The number of ether oxygens (including phenoxy) is 1. The summed E-state index contributed by atoms with van der Waals surface area (Å²) in [6.07, 6.45) is 1.70. The molecule has 0 saturated heterocycles. The first kappa shape index (κ1) is 17.9. The molecule has 0 amide bonds. The second-order valence-electron chi connectivity index (χ2n) is 4.49. The fourth-order valence-corrected chi connectivity index (χ4v) is 2.04. The quantitative estimate of drug-likeness (QED) is 0.608. The van der Waals surface area contributed by atoms with Gasteiger partial charge in [0.15, 0.2) is 5.56 Å². The maximum atomic E-state index is 12.1. The Bertz CT molecular complexity index is 659. The van der Waals surface area contributed by atoms with Crippen molar-refractivity contribution in [3.8, 4) is 17.0 Å². The molecule has 0 spiro atoms. The van der Waals surface area contributed by atoms with Crippen LogP contribution in [0.3, 0.4) is 0 Å². The zero-order valence-corrected chi connectivity index (χ0v) is 15.3. The smallest absolute Gasteiger partial charge is 0.197 e. The van der Waals surface area contributed by atoms with Crippen LogP contribution in [0.2, 0.25) is 0 Å². The van der Waals surface area contributed by atoms with Gasteiger partial charge in [-0.05, 0) is 19.1 Å². The number of aromatic nitrogens is 1. The molecular weight excluding hydrogens is 339 g/mol. The van der Waals surface area contributed by atoms with E-state index in [9.17, 15) is 4.79 Å². The SMILES string of the molecule is C=CCOc1ccc(-c2[c-]cc(C)c(=O)n2CC)cc1.[Y]. The van der Waals surface area contributed by atoms with E-state index in [1.807, 2.05) is 31.2 Å². The number of rotatable bonds is 5. The zero-order valence-electron chi connectivity index (χ0n) is 12.4. The molecule has 0 bridgehead atoms. The second kappa shape index (κ2) is 8.30. The summed E-state index contributed by atoms with van der Waals surface area (Å²) in [7, 11) is 0. The summed E-state index contributed by atoms with van der Waals surface area (Å²) in [6, 6.07) is 12.6. The van der Waals surface area contributed by atoms with Gasteiger partial charge in [0.25, 0.3) is 0 Å². The predicted molar refractivity (Wildman–Crippen MR) is 81.1 cm³/mol. The summed E-state index contributed by atoms with van der Waals surface area (Å²) in [4.78, 5) is 12.1. The molecule has 2 rings (SSSR count). The van der Waals surface area contributed by atoms with Crippen LogP contribution in [0.25, 0.3) is 11.3 Å². The van der Waals surface area contributed by atoms with Crippen LogP contribution in [0.1, 0.15) is 12.5 Å². The predicted octanol–water partition coefficient (Wildman–Crippen LogP) is 3.21. The Morgan fingerprint density at radius 3 is 2.57 bits per heavy atom. The van der Waals surface area contributed by atoms with Gasteiger partial charge in [0, 0.05) is 39.3 Å². The molecule has 0 aliphatic carbocycles. The van der Waals surface area contributed by atoms with E-state index >= 15 is 0 Å². The first-order chi connectivity index (χ1) is 9.67. The van der Waals surface area contributed by atoms with E-state index in [0.29, 0.717) is 18.7 Å². The Morgan fingerprint density at radius 1 is 1.33 bits per heavy atom. The van der Waals surface area contributed by atoms with Crippen molar-refractivity contribution < 1.29 is 37.4 Å². The molecule has 0 aliphatic heterocycles. The van der Waals surface area contributed by atoms with E-state index < -0.39 is 0 Å². The minimum atomic E-state index is 0. The number of hydrogen-bond donors (Lipinski definition) is 0. The summed E-state index contributed by atoms with van der Waals surface area (Å²) >= 11 is 0. The van der Waals surface area contributed by atoms with Crippen LogP contribution >= 0.6 is 0 Å². The second-order valence-corrected chi connectivity index (χ2v) is 4.49. The van der Waals surface area contributed by atoms with E-state index in [0.717, 1.165) is 17.0 Å². The molecule has 0 N–H and O–H groups in total. The maximum absolute atomic E-state index is 12.1. The maximum Gasteiger partial charge on any atom is 0.197 e. The van der Waals surface area contributed by atoms with Crippen molar-refractivity contribution in [1.29, 1.82) is 0 Å². The molecule has 0 aliphatic rings. The number of nitrogens with zero attached hydrogens (tertiary/aromatic N) is 1. The Labute approximate surface area is 150 Å². The molecule has 107 valence electrons. The van der Waals surface area contributed by atoms with Crippen LogP contribution in [0, 0.1) is 13.0 Å². The van der Waals surface area contributed by atoms with E-state index in [4.69, 9.17) is 4.74 Å². The summed E-state index contributed by atoms with van der Waals surface area (Å²) < 4.78 is 7.18. The molecule has 0 saturated carbocycles. The van der Waals surface area contributed by atoms with E-state index in [2.05, 4.69) is 12.6 Å². The molecule has 1 aromatic heterocycles. The van der Waals surface area contributed by atoms with Gasteiger partial charge in [0.1, 0.15) is 12.4 Å². The summed E-state index contributed by atoms with van der Waals surface area (Å²) in [5.74, 6) is 0.783. The van der Waals surface area contributed by atoms with Gasteiger partial charge < -0.3 is 9.30 Å². The Hall–Kier alpha value is -1.19. The van der Waals surface area contributed by atoms with Gasteiger partial charge in [-0.2, -0.15) is 12.1 Å². The number of benzene rings is 1. The molecule has 0 fully saturated rings. The average Bonchev–Trinajstić information content (AvgIpc) is 2.48. The van der Waals surface area contributed by atoms with Crippen LogP contribution < -0.4 is 10.3 Å². The molecule has 1 radical (unpaired) electrons. The fourth-order valence-electron chi connectivity index (χ4n) is 2.04. The first-order valence-electron chi connectivity index (χ1n) is 6.63. The van der Waals surface area contributed by atoms with Crippen LogP contribution in [0.5, 0.6) is 5.75 Å². The number of pyridine rings is 1. The van der Waals surface area contributed by atoms with Crippen molar-refractivity contribution >= 4 is 0 Å². The van der Waals surface area contributed by atoms with Crippen molar-refractivity contribution in [2.45, 2.75) is 20.4 Å². The molecule has 1 heterocycles. The van der Waals surface area contributed by atoms with Crippen molar-refractivity contribution in [1.82, 2.24) is 4.57 Å². The fraction of sp³-hybridized carbons (Fsp3) is 0.235. The van der Waals surface area contributed by atoms with Gasteiger partial charge in [-0.3, -0.25) is 4.79 Å². The van der Waals surface area contributed by atoms with E-state index in [1.54, 1.807) is 23.6 Å². The van der Waals surface area contributed by atoms with Crippen LogP contribution in [0.4, 0.5) is 0 Å². The van der Waals surface area contributed by atoms with Gasteiger partial charge in [-0.1, -0.05) is 36.4 Å². The minimum absolute atomic E-state index is 0. The Balaban J connectivity index is 0.00000220. The third-order valence-corrected chi connectivity index (χ3v) is 3.09. The third kappa shape index (κ3) is 4.15. The molecule has 3 nitrogen and oxygen atoms in total. The van der Waals surface area contributed by atoms with Crippen LogP contribution in [0.15, 0.2) is 47.8 Å². The average molecular weight is 357 g/mol. The first-order valence-corrected chi connectivity index (χ1v) is 6.63. The zero-order chi connectivity index (χ0) is 14.5. The summed E-state index contributed by atoms with van der Waals surface area (Å²) in [5.41, 5.74) is 2.50. The largest absolute Gasteiger partial charge is 0.490 e. The molecule has 0 unspecified atom stereocenters. The molecule has 1 aromatic carbocycles. The summed E-state index contributed by atoms with van der Waals surface area (Å²) in [5, 5.41) is 0. The van der Waals surface area contributed by atoms with Crippen molar-refractivity contribution in [3.63, 3.8) is 0 Å². The molecular formula is C17H18NO2Y-. The van der Waals surface area contributed by atoms with Gasteiger partial charge in [-0.15, -0.1) is 12.1 Å². The van der Waals surface area contributed by atoms with Crippen LogP contribution in [-0.4, -0.2) is 11.2 Å². The Kier molecular flexibility index (Phi) is 7.06. The third-order valence-electron chi connectivity index (χ3n) is 3.09. The minimum Gasteiger partial charge on any atom is -0.490 e. The molecule has 0 atom stereocenters. The van der Waals surface area contributed by atoms with Gasteiger partial charge in [0.05, 0.1) is 0 Å². The topological polar surface area (TPSA) is 31.2 Å². The molecule has 21 heavy (non-hydrogen) atoms. The molecule has 4 heteroatoms. The normalized spacial score (nSPS) is 9.81. The van der Waals surface area contributed by atoms with Crippen LogP contribution in [-0.2, 0) is 39.3 Å².